The molecule has 0 saturated heterocycles. The standard InChI is InChI=1S/C9H11F3N2/c1-6(4-13)7-5-14-3-2-8(7)9(10,11)12/h2-3,5-6H,4,13H2,1H3. The molecule has 0 aliphatic heterocycles. The van der Waals surface area contributed by atoms with Crippen molar-refractivity contribution in [2.24, 2.45) is 5.73 Å². The molecule has 78 valence electrons. The molecule has 0 saturated carbocycles. The van der Waals surface area contributed by atoms with E-state index >= 15 is 0 Å². The summed E-state index contributed by atoms with van der Waals surface area (Å²) in [5.41, 5.74) is 4.83. The second-order valence-electron chi connectivity index (χ2n) is 3.10. The fraction of sp³-hybridized carbons (Fsp3) is 0.444. The van der Waals surface area contributed by atoms with Gasteiger partial charge in [0.15, 0.2) is 0 Å². The average molecular weight is 204 g/mol. The van der Waals surface area contributed by atoms with E-state index in [0.29, 0.717) is 0 Å². The summed E-state index contributed by atoms with van der Waals surface area (Å²) in [4.78, 5) is 3.67. The minimum Gasteiger partial charge on any atom is -0.330 e. The highest BCUT2D eigenvalue weighted by Gasteiger charge is 2.34. The van der Waals surface area contributed by atoms with Gasteiger partial charge in [0.2, 0.25) is 0 Å². The summed E-state index contributed by atoms with van der Waals surface area (Å²) in [6.45, 7) is 1.82. The van der Waals surface area contributed by atoms with Crippen LogP contribution in [0.2, 0.25) is 0 Å². The van der Waals surface area contributed by atoms with Gasteiger partial charge in [-0.25, -0.2) is 0 Å². The van der Waals surface area contributed by atoms with Crippen molar-refractivity contribution in [3.8, 4) is 0 Å². The van der Waals surface area contributed by atoms with Crippen LogP contribution in [0.1, 0.15) is 24.0 Å². The molecule has 1 unspecified atom stereocenters. The molecule has 2 N–H and O–H groups in total. The lowest BCUT2D eigenvalue weighted by Crippen LogP contribution is -2.16. The molecule has 0 spiro atoms. The first-order valence-corrected chi connectivity index (χ1v) is 4.18. The zero-order chi connectivity index (χ0) is 10.8. The van der Waals surface area contributed by atoms with Gasteiger partial charge in [-0.05, 0) is 24.1 Å². The fourth-order valence-corrected chi connectivity index (χ4v) is 1.18. The topological polar surface area (TPSA) is 38.9 Å². The van der Waals surface area contributed by atoms with Gasteiger partial charge in [0.25, 0.3) is 0 Å². The van der Waals surface area contributed by atoms with Gasteiger partial charge in [0, 0.05) is 12.4 Å². The Balaban J connectivity index is 3.16. The first-order valence-electron chi connectivity index (χ1n) is 4.18. The van der Waals surface area contributed by atoms with Crippen LogP contribution in [0, 0.1) is 0 Å². The predicted octanol–water partition coefficient (Wildman–Crippen LogP) is 2.16. The van der Waals surface area contributed by atoms with Crippen molar-refractivity contribution in [1.29, 1.82) is 0 Å². The minimum atomic E-state index is -4.33. The summed E-state index contributed by atoms with van der Waals surface area (Å²) in [7, 11) is 0. The third kappa shape index (κ3) is 2.23. The van der Waals surface area contributed by atoms with Crippen LogP contribution in [-0.2, 0) is 6.18 Å². The molecule has 0 aromatic carbocycles. The van der Waals surface area contributed by atoms with Crippen LogP contribution < -0.4 is 5.73 Å². The molecule has 1 atom stereocenters. The molecular weight excluding hydrogens is 193 g/mol. The molecule has 0 aliphatic carbocycles. The summed E-state index contributed by atoms with van der Waals surface area (Å²) in [5, 5.41) is 0. The number of pyridine rings is 1. The number of hydrogen-bond acceptors (Lipinski definition) is 2. The maximum absolute atomic E-state index is 12.5. The van der Waals surface area contributed by atoms with Crippen LogP contribution >= 0.6 is 0 Å². The summed E-state index contributed by atoms with van der Waals surface area (Å²) in [6.07, 6.45) is -1.97. The highest BCUT2D eigenvalue weighted by atomic mass is 19.4. The van der Waals surface area contributed by atoms with Gasteiger partial charge < -0.3 is 5.73 Å². The fourth-order valence-electron chi connectivity index (χ4n) is 1.18. The van der Waals surface area contributed by atoms with Crippen LogP contribution in [0.25, 0.3) is 0 Å². The molecule has 14 heavy (non-hydrogen) atoms. The lowest BCUT2D eigenvalue weighted by Gasteiger charge is -2.15. The number of hydrogen-bond donors (Lipinski definition) is 1. The molecule has 0 aliphatic rings. The second-order valence-corrected chi connectivity index (χ2v) is 3.10. The van der Waals surface area contributed by atoms with Crippen LogP contribution in [0.4, 0.5) is 13.2 Å². The SMILES string of the molecule is CC(CN)c1cnccc1C(F)(F)F. The number of halogens is 3. The Bertz CT molecular complexity index is 309. The zero-order valence-corrected chi connectivity index (χ0v) is 7.67. The Hall–Kier alpha value is -1.10. The monoisotopic (exact) mass is 204 g/mol. The summed E-state index contributed by atoms with van der Waals surface area (Å²) in [6, 6.07) is 0.974. The Morgan fingerprint density at radius 1 is 1.50 bits per heavy atom. The summed E-state index contributed by atoms with van der Waals surface area (Å²) in [5.74, 6) is -0.333. The maximum atomic E-state index is 12.5. The second kappa shape index (κ2) is 3.96. The van der Waals surface area contributed by atoms with E-state index < -0.39 is 11.7 Å². The maximum Gasteiger partial charge on any atom is 0.416 e. The highest BCUT2D eigenvalue weighted by Crippen LogP contribution is 2.34. The van der Waals surface area contributed by atoms with Gasteiger partial charge >= 0.3 is 6.18 Å². The molecule has 5 heteroatoms. The van der Waals surface area contributed by atoms with Crippen molar-refractivity contribution in [2.45, 2.75) is 19.0 Å². The summed E-state index contributed by atoms with van der Waals surface area (Å²) < 4.78 is 37.4. The zero-order valence-electron chi connectivity index (χ0n) is 7.67. The Kier molecular flexibility index (Phi) is 3.10. The van der Waals surface area contributed by atoms with Crippen LogP contribution in [-0.4, -0.2) is 11.5 Å². The molecule has 1 aromatic heterocycles. The third-order valence-electron chi connectivity index (χ3n) is 2.04. The Morgan fingerprint density at radius 2 is 2.14 bits per heavy atom. The molecule has 1 heterocycles. The molecule has 1 rings (SSSR count). The number of alkyl halides is 3. The highest BCUT2D eigenvalue weighted by molar-refractivity contribution is 5.29. The van der Waals surface area contributed by atoms with Gasteiger partial charge in [-0.2, -0.15) is 13.2 Å². The van der Waals surface area contributed by atoms with E-state index in [0.717, 1.165) is 12.3 Å². The molecule has 2 nitrogen and oxygen atoms in total. The number of rotatable bonds is 2. The lowest BCUT2D eigenvalue weighted by molar-refractivity contribution is -0.138. The van der Waals surface area contributed by atoms with Crippen LogP contribution in [0.3, 0.4) is 0 Å². The lowest BCUT2D eigenvalue weighted by atomic mass is 9.98. The summed E-state index contributed by atoms with van der Waals surface area (Å²) >= 11 is 0. The predicted molar refractivity (Wildman–Crippen MR) is 46.7 cm³/mol. The van der Waals surface area contributed by atoms with E-state index in [2.05, 4.69) is 4.98 Å². The Labute approximate surface area is 79.9 Å². The first kappa shape index (κ1) is 11.0. The van der Waals surface area contributed by atoms with E-state index in [-0.39, 0.29) is 18.0 Å². The molecular formula is C9H11F3N2. The van der Waals surface area contributed by atoms with Gasteiger partial charge in [-0.3, -0.25) is 4.98 Å². The number of nitrogens with two attached hydrogens (primary N) is 1. The van der Waals surface area contributed by atoms with Crippen molar-refractivity contribution < 1.29 is 13.2 Å². The van der Waals surface area contributed by atoms with E-state index in [1.807, 2.05) is 0 Å². The molecule has 0 bridgehead atoms. The first-order chi connectivity index (χ1) is 6.46. The van der Waals surface area contributed by atoms with E-state index in [4.69, 9.17) is 5.73 Å². The Morgan fingerprint density at radius 3 is 2.64 bits per heavy atom. The quantitative estimate of drug-likeness (QED) is 0.801. The average Bonchev–Trinajstić information content (AvgIpc) is 2.15. The van der Waals surface area contributed by atoms with Crippen molar-refractivity contribution in [3.63, 3.8) is 0 Å². The van der Waals surface area contributed by atoms with Gasteiger partial charge in [0.05, 0.1) is 5.56 Å². The normalized spacial score (nSPS) is 14.1. The molecule has 0 radical (unpaired) electrons. The number of aromatic nitrogens is 1. The molecule has 0 fully saturated rings. The van der Waals surface area contributed by atoms with E-state index in [9.17, 15) is 13.2 Å². The minimum absolute atomic E-state index is 0.155. The molecule has 1 aromatic rings. The van der Waals surface area contributed by atoms with Crippen molar-refractivity contribution in [1.82, 2.24) is 4.98 Å². The van der Waals surface area contributed by atoms with Crippen molar-refractivity contribution in [2.75, 3.05) is 6.54 Å². The largest absolute Gasteiger partial charge is 0.416 e. The van der Waals surface area contributed by atoms with Gasteiger partial charge in [-0.1, -0.05) is 6.92 Å². The smallest absolute Gasteiger partial charge is 0.330 e. The molecule has 0 amide bonds. The van der Waals surface area contributed by atoms with Crippen LogP contribution in [0.5, 0.6) is 0 Å². The van der Waals surface area contributed by atoms with Crippen molar-refractivity contribution in [3.05, 3.63) is 29.6 Å². The van der Waals surface area contributed by atoms with Gasteiger partial charge in [-0.15, -0.1) is 0 Å². The van der Waals surface area contributed by atoms with Crippen LogP contribution in [0.15, 0.2) is 18.5 Å². The third-order valence-corrected chi connectivity index (χ3v) is 2.04. The van der Waals surface area contributed by atoms with Gasteiger partial charge in [0.1, 0.15) is 0 Å². The van der Waals surface area contributed by atoms with E-state index in [1.54, 1.807) is 6.92 Å². The van der Waals surface area contributed by atoms with Crippen molar-refractivity contribution >= 4 is 0 Å². The number of nitrogens with zero attached hydrogens (tertiary/aromatic N) is 1. The van der Waals surface area contributed by atoms with E-state index in [1.165, 1.54) is 6.20 Å².